The first-order valence-corrected chi connectivity index (χ1v) is 7.24. The summed E-state index contributed by atoms with van der Waals surface area (Å²) < 4.78 is 2.42. The minimum Gasteiger partial charge on any atom is -0.347 e. The van der Waals surface area contributed by atoms with Gasteiger partial charge in [-0.15, -0.1) is 0 Å². The zero-order chi connectivity index (χ0) is 11.9. The van der Waals surface area contributed by atoms with Crippen molar-refractivity contribution in [2.24, 2.45) is 0 Å². The van der Waals surface area contributed by atoms with Crippen LogP contribution in [0.5, 0.6) is 0 Å². The van der Waals surface area contributed by atoms with Crippen LogP contribution in [0.25, 0.3) is 10.9 Å². The topological polar surface area (TPSA) is 17.0 Å². The molecule has 1 fully saturated rings. The van der Waals surface area contributed by atoms with Gasteiger partial charge in [0.1, 0.15) is 0 Å². The number of nitrogens with one attached hydrogen (secondary N) is 1. The van der Waals surface area contributed by atoms with Crippen LogP contribution in [0.15, 0.2) is 24.4 Å². The summed E-state index contributed by atoms with van der Waals surface area (Å²) in [5.74, 6) is 0. The standard InChI is InChI=1S/C16H20N2/c1-4-15(17-6-1)11-12-9-13-3-2-7-18-8-5-14(10-12)16(13)18/h5,8-10,15,17H,1-4,6-7,11H2. The zero-order valence-corrected chi connectivity index (χ0v) is 10.8. The second-order valence-electron chi connectivity index (χ2n) is 5.80. The maximum absolute atomic E-state index is 3.60. The first-order chi connectivity index (χ1) is 8.90. The van der Waals surface area contributed by atoms with Crippen LogP contribution < -0.4 is 5.32 Å². The Morgan fingerprint density at radius 2 is 2.28 bits per heavy atom. The van der Waals surface area contributed by atoms with E-state index in [1.807, 2.05) is 0 Å². The number of nitrogens with zero attached hydrogens (tertiary/aromatic N) is 1. The van der Waals surface area contributed by atoms with Crippen LogP contribution in [0.2, 0.25) is 0 Å². The lowest BCUT2D eigenvalue weighted by Gasteiger charge is -2.18. The Kier molecular flexibility index (Phi) is 2.44. The van der Waals surface area contributed by atoms with Gasteiger partial charge in [-0.1, -0.05) is 6.07 Å². The summed E-state index contributed by atoms with van der Waals surface area (Å²) in [7, 11) is 0. The molecule has 1 saturated heterocycles. The summed E-state index contributed by atoms with van der Waals surface area (Å²) >= 11 is 0. The van der Waals surface area contributed by atoms with Crippen LogP contribution in [0, 0.1) is 0 Å². The van der Waals surface area contributed by atoms with Crippen LogP contribution >= 0.6 is 0 Å². The number of rotatable bonds is 2. The average molecular weight is 240 g/mol. The first-order valence-electron chi connectivity index (χ1n) is 7.24. The summed E-state index contributed by atoms with van der Waals surface area (Å²) in [6, 6.07) is 7.86. The van der Waals surface area contributed by atoms with E-state index in [9.17, 15) is 0 Å². The zero-order valence-electron chi connectivity index (χ0n) is 10.8. The van der Waals surface area contributed by atoms with Crippen LogP contribution in [-0.4, -0.2) is 17.2 Å². The molecule has 18 heavy (non-hydrogen) atoms. The van der Waals surface area contributed by atoms with Crippen molar-refractivity contribution in [2.45, 2.75) is 44.7 Å². The highest BCUT2D eigenvalue weighted by atomic mass is 15.0. The molecule has 1 aromatic heterocycles. The van der Waals surface area contributed by atoms with Crippen LogP contribution in [0.4, 0.5) is 0 Å². The van der Waals surface area contributed by atoms with Crippen molar-refractivity contribution in [1.29, 1.82) is 0 Å². The van der Waals surface area contributed by atoms with Crippen molar-refractivity contribution in [3.05, 3.63) is 35.5 Å². The van der Waals surface area contributed by atoms with Gasteiger partial charge in [0.25, 0.3) is 0 Å². The lowest BCUT2D eigenvalue weighted by Crippen LogP contribution is -2.23. The number of benzene rings is 1. The fraction of sp³-hybridized carbons (Fsp3) is 0.500. The van der Waals surface area contributed by atoms with Gasteiger partial charge in [0.15, 0.2) is 0 Å². The molecule has 1 unspecified atom stereocenters. The molecule has 0 aliphatic carbocycles. The van der Waals surface area contributed by atoms with Gasteiger partial charge in [0.05, 0.1) is 5.52 Å². The molecule has 1 aromatic carbocycles. The van der Waals surface area contributed by atoms with Crippen LogP contribution in [0.1, 0.15) is 30.4 Å². The molecule has 2 nitrogen and oxygen atoms in total. The highest BCUT2D eigenvalue weighted by molar-refractivity contribution is 5.84. The van der Waals surface area contributed by atoms with Gasteiger partial charge in [-0.05, 0) is 61.9 Å². The quantitative estimate of drug-likeness (QED) is 0.854. The summed E-state index contributed by atoms with van der Waals surface area (Å²) in [4.78, 5) is 0. The fourth-order valence-electron chi connectivity index (χ4n) is 3.66. The van der Waals surface area contributed by atoms with E-state index < -0.39 is 0 Å². The van der Waals surface area contributed by atoms with Gasteiger partial charge in [0, 0.05) is 24.2 Å². The van der Waals surface area contributed by atoms with Crippen LogP contribution in [-0.2, 0) is 19.4 Å². The minimum absolute atomic E-state index is 0.709. The van der Waals surface area contributed by atoms with Gasteiger partial charge < -0.3 is 9.88 Å². The van der Waals surface area contributed by atoms with E-state index >= 15 is 0 Å². The monoisotopic (exact) mass is 240 g/mol. The van der Waals surface area contributed by atoms with E-state index in [4.69, 9.17) is 0 Å². The predicted octanol–water partition coefficient (Wildman–Crippen LogP) is 2.88. The minimum atomic E-state index is 0.709. The van der Waals surface area contributed by atoms with E-state index in [0.717, 1.165) is 0 Å². The largest absolute Gasteiger partial charge is 0.347 e. The third kappa shape index (κ3) is 1.67. The van der Waals surface area contributed by atoms with E-state index in [0.29, 0.717) is 6.04 Å². The Morgan fingerprint density at radius 1 is 1.28 bits per heavy atom. The molecule has 0 spiro atoms. The lowest BCUT2D eigenvalue weighted by atomic mass is 9.96. The Labute approximate surface area is 108 Å². The van der Waals surface area contributed by atoms with E-state index in [-0.39, 0.29) is 0 Å². The molecule has 3 heterocycles. The summed E-state index contributed by atoms with van der Waals surface area (Å²) in [5, 5.41) is 5.05. The van der Waals surface area contributed by atoms with Gasteiger partial charge in [-0.3, -0.25) is 0 Å². The predicted molar refractivity (Wildman–Crippen MR) is 75.0 cm³/mol. The fourth-order valence-corrected chi connectivity index (χ4v) is 3.66. The second-order valence-corrected chi connectivity index (χ2v) is 5.80. The maximum atomic E-state index is 3.60. The third-order valence-electron chi connectivity index (χ3n) is 4.49. The molecular weight excluding hydrogens is 220 g/mol. The lowest BCUT2D eigenvalue weighted by molar-refractivity contribution is 0.601. The molecule has 1 N–H and O–H groups in total. The summed E-state index contributed by atoms with van der Waals surface area (Å²) in [5.41, 5.74) is 4.58. The highest BCUT2D eigenvalue weighted by Crippen LogP contribution is 2.28. The van der Waals surface area contributed by atoms with Gasteiger partial charge in [-0.25, -0.2) is 0 Å². The molecule has 0 amide bonds. The molecule has 0 saturated carbocycles. The van der Waals surface area contributed by atoms with E-state index in [1.165, 1.54) is 61.7 Å². The van der Waals surface area contributed by atoms with Crippen LogP contribution in [0.3, 0.4) is 0 Å². The number of hydrogen-bond acceptors (Lipinski definition) is 1. The number of hydrogen-bond donors (Lipinski definition) is 1. The molecule has 0 radical (unpaired) electrons. The van der Waals surface area contributed by atoms with Crippen molar-refractivity contribution >= 4 is 10.9 Å². The first kappa shape index (κ1) is 10.6. The summed E-state index contributed by atoms with van der Waals surface area (Å²) in [6.45, 7) is 2.40. The molecule has 94 valence electrons. The van der Waals surface area contributed by atoms with E-state index in [1.54, 1.807) is 5.56 Å². The van der Waals surface area contributed by atoms with Crippen molar-refractivity contribution in [3.8, 4) is 0 Å². The second kappa shape index (κ2) is 4.13. The highest BCUT2D eigenvalue weighted by Gasteiger charge is 2.17. The SMILES string of the molecule is c1c(CC2CCCN2)cc2ccn3c2c1CCC3. The number of aromatic nitrogens is 1. The maximum Gasteiger partial charge on any atom is 0.0513 e. The van der Waals surface area contributed by atoms with Gasteiger partial charge >= 0.3 is 0 Å². The Morgan fingerprint density at radius 3 is 3.17 bits per heavy atom. The molecule has 2 aliphatic heterocycles. The third-order valence-corrected chi connectivity index (χ3v) is 4.49. The van der Waals surface area contributed by atoms with Crippen molar-refractivity contribution < 1.29 is 0 Å². The Hall–Kier alpha value is -1.28. The number of aryl methyl sites for hydroxylation is 2. The smallest absolute Gasteiger partial charge is 0.0513 e. The van der Waals surface area contributed by atoms with Gasteiger partial charge in [-0.2, -0.15) is 0 Å². The molecule has 4 rings (SSSR count). The van der Waals surface area contributed by atoms with Crippen molar-refractivity contribution in [2.75, 3.05) is 6.54 Å². The molecule has 2 heteroatoms. The molecule has 1 atom stereocenters. The average Bonchev–Trinajstić information content (AvgIpc) is 3.01. The van der Waals surface area contributed by atoms with Crippen molar-refractivity contribution in [3.63, 3.8) is 0 Å². The summed E-state index contributed by atoms with van der Waals surface area (Å²) in [6.07, 6.45) is 8.69. The van der Waals surface area contributed by atoms with E-state index in [2.05, 4.69) is 34.3 Å². The molecule has 2 aliphatic rings. The Balaban J connectivity index is 1.73. The van der Waals surface area contributed by atoms with Crippen molar-refractivity contribution in [1.82, 2.24) is 9.88 Å². The molecular formula is C16H20N2. The molecule has 2 aromatic rings. The Bertz CT molecular complexity index is 576. The molecule has 0 bridgehead atoms. The van der Waals surface area contributed by atoms with Gasteiger partial charge in [0.2, 0.25) is 0 Å². The normalized spacial score (nSPS) is 22.8.